The number of rotatable bonds is 2. The molecular weight excluding hydrogens is 759 g/mol. The molecule has 0 atom stereocenters. The molecule has 0 bridgehead atoms. The Balaban J connectivity index is 1.27. The molecule has 3 heteroatoms. The Morgan fingerprint density at radius 1 is 0.476 bits per heavy atom. The second kappa shape index (κ2) is 12.1. The standard InChI is InChI=1S/C60H51BN2/c1-57(2,3)38-30-31-50-41(32-38)43-33-39(58(4,5)6)34-44-42-35-48-52(40-24-15-16-25-45(40)59(48,7)8)56-53(42)61(63(50)54(43)44)49-28-19-27-47-55(49)62(56)51-29-18-17-26-46(51)60(47,36-20-11-9-12-21-36)37-22-13-10-14-23-37/h9-35H,1-8H3. The van der Waals surface area contributed by atoms with E-state index in [1.54, 1.807) is 0 Å². The molecule has 0 fully saturated rings. The van der Waals surface area contributed by atoms with E-state index in [9.17, 15) is 0 Å². The highest BCUT2D eigenvalue weighted by molar-refractivity contribution is 6.90. The van der Waals surface area contributed by atoms with Crippen LogP contribution in [0.1, 0.15) is 99.9 Å². The van der Waals surface area contributed by atoms with Gasteiger partial charge in [0.15, 0.2) is 0 Å². The molecule has 0 saturated carbocycles. The number of hydrogen-bond acceptors (Lipinski definition) is 1. The summed E-state index contributed by atoms with van der Waals surface area (Å²) in [5, 5.41) is 2.70. The smallest absolute Gasteiger partial charge is 0.333 e. The highest BCUT2D eigenvalue weighted by Crippen LogP contribution is 2.63. The van der Waals surface area contributed by atoms with Crippen LogP contribution in [-0.2, 0) is 21.7 Å². The molecule has 2 nitrogen and oxygen atoms in total. The Kier molecular flexibility index (Phi) is 7.12. The summed E-state index contributed by atoms with van der Waals surface area (Å²) in [7, 11) is 0. The minimum Gasteiger partial charge on any atom is -0.375 e. The van der Waals surface area contributed by atoms with Crippen LogP contribution in [0.4, 0.5) is 17.1 Å². The minimum atomic E-state index is -0.569. The van der Waals surface area contributed by atoms with Gasteiger partial charge >= 0.3 is 6.85 Å². The third-order valence-electron chi connectivity index (χ3n) is 15.5. The minimum absolute atomic E-state index is 0.0125. The molecule has 63 heavy (non-hydrogen) atoms. The molecule has 0 saturated heterocycles. The van der Waals surface area contributed by atoms with Crippen molar-refractivity contribution < 1.29 is 0 Å². The zero-order valence-electron chi connectivity index (χ0n) is 37.6. The normalized spacial score (nSPS) is 15.8. The van der Waals surface area contributed by atoms with Crippen LogP contribution in [0.2, 0.25) is 0 Å². The molecule has 1 aromatic heterocycles. The SMILES string of the molecule is CC(C)(C)c1ccc2c(c1)c1cc(C(C)(C)C)cc3c1n2B1c2cccc4c2N(c2ccccc2C4(c2ccccc2)c2ccccc2)c2c1c-3cc1c2-c2ccccc2C1(C)C. The maximum atomic E-state index is 2.77. The fourth-order valence-electron chi connectivity index (χ4n) is 12.5. The summed E-state index contributed by atoms with van der Waals surface area (Å²) in [6.07, 6.45) is 0. The van der Waals surface area contributed by atoms with E-state index < -0.39 is 5.41 Å². The number of benzene rings is 8. The van der Waals surface area contributed by atoms with Gasteiger partial charge in [-0.2, -0.15) is 0 Å². The van der Waals surface area contributed by atoms with Crippen molar-refractivity contribution in [2.75, 3.05) is 4.90 Å². The molecule has 0 N–H and O–H groups in total. The van der Waals surface area contributed by atoms with Crippen LogP contribution in [0.25, 0.3) is 44.1 Å². The zero-order valence-corrected chi connectivity index (χ0v) is 37.6. The molecule has 0 spiro atoms. The van der Waals surface area contributed by atoms with Crippen molar-refractivity contribution in [1.29, 1.82) is 0 Å². The molecule has 3 aliphatic heterocycles. The van der Waals surface area contributed by atoms with Crippen LogP contribution in [0.5, 0.6) is 0 Å². The summed E-state index contributed by atoms with van der Waals surface area (Å²) in [6, 6.07) is 63.5. The van der Waals surface area contributed by atoms with E-state index in [-0.39, 0.29) is 23.1 Å². The topological polar surface area (TPSA) is 8.17 Å². The predicted octanol–water partition coefficient (Wildman–Crippen LogP) is 13.8. The molecule has 8 aromatic carbocycles. The highest BCUT2D eigenvalue weighted by Gasteiger charge is 2.54. The van der Waals surface area contributed by atoms with Gasteiger partial charge in [0.05, 0.1) is 16.8 Å². The Morgan fingerprint density at radius 3 is 1.79 bits per heavy atom. The van der Waals surface area contributed by atoms with E-state index in [0.717, 1.165) is 0 Å². The lowest BCUT2D eigenvalue weighted by molar-refractivity contribution is 0.590. The number of anilines is 3. The Morgan fingerprint density at radius 2 is 1.10 bits per heavy atom. The van der Waals surface area contributed by atoms with E-state index in [2.05, 4.69) is 229 Å². The van der Waals surface area contributed by atoms with Gasteiger partial charge in [0.1, 0.15) is 0 Å². The van der Waals surface area contributed by atoms with Gasteiger partial charge in [0.25, 0.3) is 0 Å². The largest absolute Gasteiger partial charge is 0.375 e. The zero-order chi connectivity index (χ0) is 42.9. The Bertz CT molecular complexity index is 3410. The molecule has 1 aliphatic carbocycles. The molecule has 0 amide bonds. The summed E-state index contributed by atoms with van der Waals surface area (Å²) in [5.41, 5.74) is 24.6. The number of nitrogens with zero attached hydrogens (tertiary/aromatic N) is 2. The fraction of sp³-hybridized carbons (Fsp3) is 0.200. The van der Waals surface area contributed by atoms with Crippen LogP contribution in [0.15, 0.2) is 164 Å². The lowest BCUT2D eigenvalue weighted by Gasteiger charge is -2.51. The maximum absolute atomic E-state index is 2.77. The van der Waals surface area contributed by atoms with E-state index in [4.69, 9.17) is 0 Å². The monoisotopic (exact) mass is 810 g/mol. The second-order valence-electron chi connectivity index (χ2n) is 21.3. The summed E-state index contributed by atoms with van der Waals surface area (Å²) in [4.78, 5) is 2.73. The first kappa shape index (κ1) is 37.0. The number of fused-ring (bicyclic) bond motifs is 13. The molecule has 304 valence electrons. The van der Waals surface area contributed by atoms with Crippen molar-refractivity contribution in [3.8, 4) is 22.3 Å². The molecule has 4 heterocycles. The van der Waals surface area contributed by atoms with Gasteiger partial charge in [-0.15, -0.1) is 0 Å². The van der Waals surface area contributed by atoms with Gasteiger partial charge in [-0.05, 0) is 114 Å². The van der Waals surface area contributed by atoms with Crippen molar-refractivity contribution in [3.63, 3.8) is 0 Å². The maximum Gasteiger partial charge on any atom is 0.333 e. The van der Waals surface area contributed by atoms with E-state index in [1.807, 2.05) is 0 Å². The predicted molar refractivity (Wildman–Crippen MR) is 267 cm³/mol. The highest BCUT2D eigenvalue weighted by atomic mass is 15.2. The molecule has 0 radical (unpaired) electrons. The number of aromatic nitrogens is 1. The van der Waals surface area contributed by atoms with Crippen LogP contribution in [0.3, 0.4) is 0 Å². The molecule has 0 unspecified atom stereocenters. The van der Waals surface area contributed by atoms with Gasteiger partial charge in [-0.25, -0.2) is 0 Å². The quantitative estimate of drug-likeness (QED) is 0.158. The van der Waals surface area contributed by atoms with Crippen molar-refractivity contribution in [3.05, 3.63) is 208 Å². The van der Waals surface area contributed by atoms with Crippen LogP contribution < -0.4 is 15.8 Å². The van der Waals surface area contributed by atoms with Gasteiger partial charge < -0.3 is 9.38 Å². The van der Waals surface area contributed by atoms with Gasteiger partial charge in [0, 0.05) is 44.0 Å². The third kappa shape index (κ3) is 4.55. The summed E-state index contributed by atoms with van der Waals surface area (Å²) >= 11 is 0. The van der Waals surface area contributed by atoms with Crippen molar-refractivity contribution >= 4 is 56.6 Å². The van der Waals surface area contributed by atoms with E-state index in [1.165, 1.54) is 117 Å². The van der Waals surface area contributed by atoms with Crippen LogP contribution in [-0.4, -0.2) is 11.3 Å². The van der Waals surface area contributed by atoms with Gasteiger partial charge in [-0.1, -0.05) is 183 Å². The van der Waals surface area contributed by atoms with Crippen LogP contribution >= 0.6 is 0 Å². The Labute approximate surface area is 372 Å². The van der Waals surface area contributed by atoms with Crippen molar-refractivity contribution in [2.24, 2.45) is 0 Å². The van der Waals surface area contributed by atoms with E-state index in [0.29, 0.717) is 0 Å². The van der Waals surface area contributed by atoms with Crippen molar-refractivity contribution in [2.45, 2.75) is 77.0 Å². The lowest BCUT2D eigenvalue weighted by atomic mass is 9.43. The first-order valence-corrected chi connectivity index (χ1v) is 22.9. The molecule has 9 aromatic rings. The summed E-state index contributed by atoms with van der Waals surface area (Å²) in [5.74, 6) is 0. The third-order valence-corrected chi connectivity index (χ3v) is 15.5. The lowest BCUT2D eigenvalue weighted by Crippen LogP contribution is -2.58. The summed E-state index contributed by atoms with van der Waals surface area (Å²) in [6.45, 7) is 19.0. The van der Waals surface area contributed by atoms with Crippen LogP contribution in [0, 0.1) is 0 Å². The second-order valence-corrected chi connectivity index (χ2v) is 21.3. The average Bonchev–Trinajstić information content (AvgIpc) is 3.73. The molecule has 4 aliphatic rings. The first-order valence-electron chi connectivity index (χ1n) is 22.9. The molecule has 13 rings (SSSR count). The van der Waals surface area contributed by atoms with Gasteiger partial charge in [-0.3, -0.25) is 0 Å². The fourth-order valence-corrected chi connectivity index (χ4v) is 12.5. The van der Waals surface area contributed by atoms with Crippen molar-refractivity contribution in [1.82, 2.24) is 4.48 Å². The van der Waals surface area contributed by atoms with Gasteiger partial charge in [0.2, 0.25) is 0 Å². The number of hydrogen-bond donors (Lipinski definition) is 0. The Hall–Kier alpha value is -6.58. The average molecular weight is 811 g/mol. The first-order chi connectivity index (χ1) is 30.3. The summed E-state index contributed by atoms with van der Waals surface area (Å²) < 4.78 is 2.77. The molecular formula is C60H51BN2. The number of para-hydroxylation sites is 2. The van der Waals surface area contributed by atoms with E-state index >= 15 is 0 Å².